The maximum atomic E-state index is 12.8. The molecule has 0 aliphatic heterocycles. The molecule has 2 atom stereocenters. The van der Waals surface area contributed by atoms with E-state index in [0.717, 1.165) is 109 Å². The van der Waals surface area contributed by atoms with Crippen molar-refractivity contribution in [2.45, 2.75) is 296 Å². The molecule has 0 N–H and O–H groups in total. The Hall–Kier alpha value is -3.33. The summed E-state index contributed by atoms with van der Waals surface area (Å²) >= 11 is 0. The largest absolute Gasteiger partial charge is 0.756 e. The van der Waals surface area contributed by atoms with Gasteiger partial charge in [0.2, 0.25) is 0 Å². The lowest BCUT2D eigenvalue weighted by Crippen LogP contribution is -2.37. The van der Waals surface area contributed by atoms with E-state index in [4.69, 9.17) is 18.5 Å². The Kier molecular flexibility index (Phi) is 60.6. The smallest absolute Gasteiger partial charge is 0.306 e. The summed E-state index contributed by atoms with van der Waals surface area (Å²) in [6, 6.07) is 0. The van der Waals surface area contributed by atoms with Crippen molar-refractivity contribution in [3.8, 4) is 0 Å². The van der Waals surface area contributed by atoms with E-state index in [0.29, 0.717) is 17.4 Å². The second-order valence-corrected chi connectivity index (χ2v) is 25.2. The topological polar surface area (TPSA) is 111 Å². The number of unbranched alkanes of at least 4 members (excludes halogenated alkanes) is 30. The Bertz CT molecular complexity index is 1770. The van der Waals surface area contributed by atoms with Gasteiger partial charge in [-0.05, 0) is 83.5 Å². The number of carbonyl (C=O) groups excluding carboxylic acids is 2. The zero-order valence-electron chi connectivity index (χ0n) is 54.4. The highest BCUT2D eigenvalue weighted by Crippen LogP contribution is 2.38. The molecule has 0 amide bonds. The summed E-state index contributed by atoms with van der Waals surface area (Å²) < 4.78 is 34.3. The summed E-state index contributed by atoms with van der Waals surface area (Å²) in [4.78, 5) is 38.0. The third kappa shape index (κ3) is 67.7. The highest BCUT2D eigenvalue weighted by Gasteiger charge is 2.22. The van der Waals surface area contributed by atoms with Crippen molar-refractivity contribution < 1.29 is 42.1 Å². The minimum atomic E-state index is -4.65. The van der Waals surface area contributed by atoms with Crippen LogP contribution >= 0.6 is 7.82 Å². The van der Waals surface area contributed by atoms with Crippen LogP contribution in [0.15, 0.2) is 109 Å². The standard InChI is InChI=1S/C73H128NO8P/c1-6-8-10-12-14-16-18-20-22-24-26-28-30-32-34-35-36-37-38-39-40-42-44-46-48-50-52-54-56-58-60-62-64-66-73(76)82-71(70-81-83(77,78)80-68-67-74(3,4)5)69-79-72(75)65-63-61-59-57-55-53-51-49-47-45-43-41-33-31-29-27-25-23-21-19-17-15-13-11-9-7-2/h8,10,14,16,20,22,26,28,32,34,36-37,39-40,44,46,50,52,71H,6-7,9,11-13,15,17-19,21,23-25,27,29-31,33,35,38,41-43,45,47-49,51,53-70H2,1-5H3/b10-8-,16-14-,22-20-,28-26-,34-32-,37-36-,40-39-,46-44-,52-50-. The maximum absolute atomic E-state index is 12.8. The van der Waals surface area contributed by atoms with E-state index in [1.54, 1.807) is 0 Å². The molecule has 2 unspecified atom stereocenters. The number of phosphoric ester groups is 1. The Morgan fingerprint density at radius 2 is 0.687 bits per heavy atom. The first-order chi connectivity index (χ1) is 40.5. The van der Waals surface area contributed by atoms with Crippen molar-refractivity contribution in [2.75, 3.05) is 47.5 Å². The molecule has 0 radical (unpaired) electrons. The molecule has 0 aliphatic carbocycles. The number of hydrogen-bond acceptors (Lipinski definition) is 8. The molecule has 0 saturated carbocycles. The fourth-order valence-corrected chi connectivity index (χ4v) is 10.1. The van der Waals surface area contributed by atoms with Gasteiger partial charge in [0, 0.05) is 12.8 Å². The minimum absolute atomic E-state index is 0.0390. The second-order valence-electron chi connectivity index (χ2n) is 23.8. The van der Waals surface area contributed by atoms with Crippen molar-refractivity contribution in [3.05, 3.63) is 109 Å². The van der Waals surface area contributed by atoms with Gasteiger partial charge in [0.15, 0.2) is 6.10 Å². The Balaban J connectivity index is 4.15. The first-order valence-electron chi connectivity index (χ1n) is 34.1. The molecule has 0 saturated heterocycles. The van der Waals surface area contributed by atoms with Crippen LogP contribution in [-0.2, 0) is 32.7 Å². The van der Waals surface area contributed by atoms with Crippen LogP contribution in [0.25, 0.3) is 0 Å². The molecule has 0 spiro atoms. The normalized spacial score (nSPS) is 13.9. The Morgan fingerprint density at radius 3 is 1.02 bits per heavy atom. The molecule has 0 aromatic carbocycles. The van der Waals surface area contributed by atoms with Crippen molar-refractivity contribution in [1.82, 2.24) is 0 Å². The SMILES string of the molecule is CC/C=C\C/C=C\C/C=C\C/C=C\C/C=C\C/C=C\C/C=C\C/C=C\C/C=C\CCCCCCCC(=O)OC(COC(=O)CCCCCCCCCCCCCCCCCCCCCCCCCCCC)COP(=O)([O-])OCC[N+](C)(C)C. The average molecular weight is 1180 g/mol. The predicted octanol–water partition coefficient (Wildman–Crippen LogP) is 21.5. The summed E-state index contributed by atoms with van der Waals surface area (Å²) in [6.07, 6.45) is 88.7. The van der Waals surface area contributed by atoms with Crippen molar-refractivity contribution in [2.24, 2.45) is 0 Å². The van der Waals surface area contributed by atoms with E-state index in [1.807, 2.05) is 21.1 Å². The number of rotatable bonds is 62. The van der Waals surface area contributed by atoms with Crippen LogP contribution in [0.1, 0.15) is 290 Å². The number of ether oxygens (including phenoxy) is 2. The van der Waals surface area contributed by atoms with E-state index < -0.39 is 26.5 Å². The summed E-state index contributed by atoms with van der Waals surface area (Å²) in [7, 11) is 1.15. The second kappa shape index (κ2) is 63.2. The van der Waals surface area contributed by atoms with Crippen LogP contribution in [0, 0.1) is 0 Å². The lowest BCUT2D eigenvalue weighted by Gasteiger charge is -2.28. The van der Waals surface area contributed by atoms with Gasteiger partial charge in [0.05, 0.1) is 27.7 Å². The van der Waals surface area contributed by atoms with Gasteiger partial charge < -0.3 is 27.9 Å². The molecule has 0 aliphatic rings. The van der Waals surface area contributed by atoms with Gasteiger partial charge in [-0.3, -0.25) is 14.2 Å². The molecule has 83 heavy (non-hydrogen) atoms. The predicted molar refractivity (Wildman–Crippen MR) is 355 cm³/mol. The molecule has 10 heteroatoms. The highest BCUT2D eigenvalue weighted by atomic mass is 31.2. The van der Waals surface area contributed by atoms with Crippen molar-refractivity contribution >= 4 is 19.8 Å². The molecule has 9 nitrogen and oxygen atoms in total. The van der Waals surface area contributed by atoms with Gasteiger partial charge >= 0.3 is 11.9 Å². The molecule has 0 fully saturated rings. The summed E-state index contributed by atoms with van der Waals surface area (Å²) in [5.41, 5.74) is 0. The van der Waals surface area contributed by atoms with Crippen molar-refractivity contribution in [1.29, 1.82) is 0 Å². The Labute approximate surface area is 512 Å². The van der Waals surface area contributed by atoms with E-state index >= 15 is 0 Å². The van der Waals surface area contributed by atoms with E-state index in [9.17, 15) is 19.0 Å². The number of allylic oxidation sites excluding steroid dienone is 18. The molecule has 0 bridgehead atoms. The number of carbonyl (C=O) groups is 2. The van der Waals surface area contributed by atoms with Gasteiger partial charge in [0.1, 0.15) is 19.8 Å². The van der Waals surface area contributed by atoms with Crippen LogP contribution in [0.3, 0.4) is 0 Å². The van der Waals surface area contributed by atoms with E-state index in [1.165, 1.54) is 148 Å². The molecular weight excluding hydrogens is 1050 g/mol. The van der Waals surface area contributed by atoms with Crippen LogP contribution < -0.4 is 4.89 Å². The molecule has 478 valence electrons. The first-order valence-corrected chi connectivity index (χ1v) is 35.6. The summed E-state index contributed by atoms with van der Waals surface area (Å²) in [5, 5.41) is 0. The number of esters is 2. The molecule has 0 aromatic rings. The number of nitrogens with zero attached hydrogens (tertiary/aromatic N) is 1. The number of hydrogen-bond donors (Lipinski definition) is 0. The van der Waals surface area contributed by atoms with Crippen LogP contribution in [0.2, 0.25) is 0 Å². The molecule has 0 rings (SSSR count). The first kappa shape index (κ1) is 79.7. The summed E-state index contributed by atoms with van der Waals surface area (Å²) in [5.74, 6) is -0.851. The van der Waals surface area contributed by atoms with Gasteiger partial charge in [-0.25, -0.2) is 0 Å². The molecular formula is C73H128NO8P. The van der Waals surface area contributed by atoms with Gasteiger partial charge in [-0.15, -0.1) is 0 Å². The monoisotopic (exact) mass is 1180 g/mol. The third-order valence-corrected chi connectivity index (χ3v) is 15.5. The number of phosphoric acid groups is 1. The number of quaternary nitrogens is 1. The van der Waals surface area contributed by atoms with E-state index in [-0.39, 0.29) is 32.0 Å². The zero-order valence-corrected chi connectivity index (χ0v) is 55.3. The van der Waals surface area contributed by atoms with Crippen LogP contribution in [-0.4, -0.2) is 70.0 Å². The summed E-state index contributed by atoms with van der Waals surface area (Å²) in [6.45, 7) is 4.13. The quantitative estimate of drug-likeness (QED) is 0.0195. The van der Waals surface area contributed by atoms with E-state index in [2.05, 4.69) is 123 Å². The highest BCUT2D eigenvalue weighted by molar-refractivity contribution is 7.45. The molecule has 0 aromatic heterocycles. The van der Waals surface area contributed by atoms with Gasteiger partial charge in [-0.1, -0.05) is 303 Å². The minimum Gasteiger partial charge on any atom is -0.756 e. The lowest BCUT2D eigenvalue weighted by atomic mass is 10.0. The fraction of sp³-hybridized carbons (Fsp3) is 0.726. The molecule has 0 heterocycles. The Morgan fingerprint density at radius 1 is 0.386 bits per heavy atom. The maximum Gasteiger partial charge on any atom is 0.306 e. The van der Waals surface area contributed by atoms with Gasteiger partial charge in [0.25, 0.3) is 7.82 Å². The van der Waals surface area contributed by atoms with Crippen molar-refractivity contribution in [3.63, 3.8) is 0 Å². The van der Waals surface area contributed by atoms with Gasteiger partial charge in [-0.2, -0.15) is 0 Å². The van der Waals surface area contributed by atoms with Crippen LogP contribution in [0.4, 0.5) is 0 Å². The zero-order chi connectivity index (χ0) is 60.5. The van der Waals surface area contributed by atoms with Crippen LogP contribution in [0.5, 0.6) is 0 Å². The number of likely N-dealkylation sites (N-methyl/N-ethyl adjacent to an activating group) is 1. The third-order valence-electron chi connectivity index (χ3n) is 14.6. The fourth-order valence-electron chi connectivity index (χ4n) is 9.36. The average Bonchev–Trinajstić information content (AvgIpc) is 3.48. The lowest BCUT2D eigenvalue weighted by molar-refractivity contribution is -0.870.